The maximum atomic E-state index is 12.1. The van der Waals surface area contributed by atoms with Crippen molar-refractivity contribution in [2.75, 3.05) is 0 Å². The second-order valence-electron chi connectivity index (χ2n) is 3.08. The third-order valence-corrected chi connectivity index (χ3v) is 2.01. The Morgan fingerprint density at radius 1 is 1.33 bits per heavy atom. The molecule has 1 fully saturated rings. The van der Waals surface area contributed by atoms with E-state index >= 15 is 0 Å². The highest BCUT2D eigenvalue weighted by molar-refractivity contribution is 5.15. The maximum Gasteiger partial charge on any atom is 0.417 e. The van der Waals surface area contributed by atoms with Crippen LogP contribution in [0, 0.1) is 0 Å². The van der Waals surface area contributed by atoms with Crippen LogP contribution in [0.25, 0.3) is 0 Å². The first kappa shape index (κ1) is 7.71. The molecule has 4 heteroatoms. The molecule has 0 atom stereocenters. The molecule has 66 valence electrons. The minimum atomic E-state index is -4.19. The summed E-state index contributed by atoms with van der Waals surface area (Å²) in [5.74, 6) is 0. The molecule has 0 amide bonds. The van der Waals surface area contributed by atoms with Gasteiger partial charge in [0.05, 0.1) is 5.56 Å². The summed E-state index contributed by atoms with van der Waals surface area (Å²) in [6, 6.07) is 1.44. The van der Waals surface area contributed by atoms with Gasteiger partial charge in [-0.15, -0.1) is 0 Å². The summed E-state index contributed by atoms with van der Waals surface area (Å²) in [4.78, 5) is 0. The van der Waals surface area contributed by atoms with E-state index in [2.05, 4.69) is 0 Å². The summed E-state index contributed by atoms with van der Waals surface area (Å²) < 4.78 is 37.9. The molecule has 0 unspecified atom stereocenters. The topological polar surface area (TPSA) is 4.93 Å². The molecular formula is C8H8F3N. The molecule has 1 saturated carbocycles. The predicted molar refractivity (Wildman–Crippen MR) is 37.7 cm³/mol. The molecular weight excluding hydrogens is 167 g/mol. The zero-order chi connectivity index (χ0) is 8.77. The Bertz CT molecular complexity index is 283. The summed E-state index contributed by atoms with van der Waals surface area (Å²) in [5, 5.41) is 0. The van der Waals surface area contributed by atoms with Crippen LogP contribution in [0.4, 0.5) is 13.2 Å². The molecule has 0 aliphatic heterocycles. The van der Waals surface area contributed by atoms with Crippen molar-refractivity contribution in [2.45, 2.75) is 25.1 Å². The molecule has 0 saturated heterocycles. The molecule has 12 heavy (non-hydrogen) atoms. The van der Waals surface area contributed by atoms with Crippen LogP contribution >= 0.6 is 0 Å². The van der Waals surface area contributed by atoms with Gasteiger partial charge in [-0.2, -0.15) is 13.2 Å². The number of halogens is 3. The Hall–Kier alpha value is -0.930. The molecule has 1 aliphatic rings. The van der Waals surface area contributed by atoms with Gasteiger partial charge < -0.3 is 4.57 Å². The zero-order valence-electron chi connectivity index (χ0n) is 6.30. The number of alkyl halides is 3. The van der Waals surface area contributed by atoms with Gasteiger partial charge in [0.2, 0.25) is 0 Å². The average molecular weight is 175 g/mol. The lowest BCUT2D eigenvalue weighted by atomic mass is 10.3. The number of nitrogens with zero attached hydrogens (tertiary/aromatic N) is 1. The molecule has 1 aliphatic carbocycles. The van der Waals surface area contributed by atoms with Crippen molar-refractivity contribution in [3.05, 3.63) is 24.0 Å². The zero-order valence-corrected chi connectivity index (χ0v) is 6.30. The maximum absolute atomic E-state index is 12.1. The first-order valence-corrected chi connectivity index (χ1v) is 3.82. The number of hydrogen-bond acceptors (Lipinski definition) is 0. The Morgan fingerprint density at radius 2 is 2.00 bits per heavy atom. The molecule has 1 heterocycles. The normalized spacial score (nSPS) is 18.2. The van der Waals surface area contributed by atoms with Gasteiger partial charge in [-0.05, 0) is 18.9 Å². The van der Waals surface area contributed by atoms with Crippen LogP contribution in [0.15, 0.2) is 18.5 Å². The lowest BCUT2D eigenvalue weighted by Gasteiger charge is -2.01. The summed E-state index contributed by atoms with van der Waals surface area (Å²) in [6.07, 6.45) is 0.496. The lowest BCUT2D eigenvalue weighted by molar-refractivity contribution is -0.137. The lowest BCUT2D eigenvalue weighted by Crippen LogP contribution is -2.02. The van der Waals surface area contributed by atoms with Crippen molar-refractivity contribution in [1.82, 2.24) is 4.57 Å². The largest absolute Gasteiger partial charge is 0.417 e. The van der Waals surface area contributed by atoms with Gasteiger partial charge in [0.25, 0.3) is 0 Å². The molecule has 0 bridgehead atoms. The highest BCUT2D eigenvalue weighted by Gasteiger charge is 2.33. The number of aromatic nitrogens is 1. The van der Waals surface area contributed by atoms with Crippen molar-refractivity contribution in [1.29, 1.82) is 0 Å². The standard InChI is InChI=1S/C8H8F3N/c9-8(10,11)6-3-4-12(5-6)7-1-2-7/h3-5,7H,1-2H2. The van der Waals surface area contributed by atoms with E-state index in [0.717, 1.165) is 18.9 Å². The van der Waals surface area contributed by atoms with Crippen LogP contribution in [-0.4, -0.2) is 4.57 Å². The Labute approximate surface area is 67.8 Å². The van der Waals surface area contributed by atoms with E-state index in [-0.39, 0.29) is 0 Å². The molecule has 0 N–H and O–H groups in total. The number of hydrogen-bond donors (Lipinski definition) is 0. The van der Waals surface area contributed by atoms with Crippen LogP contribution in [0.2, 0.25) is 0 Å². The minimum Gasteiger partial charge on any atom is -0.351 e. The third kappa shape index (κ3) is 1.33. The third-order valence-electron chi connectivity index (χ3n) is 2.01. The summed E-state index contributed by atoms with van der Waals surface area (Å²) in [7, 11) is 0. The van der Waals surface area contributed by atoms with Crippen LogP contribution < -0.4 is 0 Å². The first-order valence-electron chi connectivity index (χ1n) is 3.82. The van der Waals surface area contributed by atoms with E-state index in [4.69, 9.17) is 0 Å². The highest BCUT2D eigenvalue weighted by atomic mass is 19.4. The average Bonchev–Trinajstić information content (AvgIpc) is 2.66. The highest BCUT2D eigenvalue weighted by Crippen LogP contribution is 2.37. The van der Waals surface area contributed by atoms with Gasteiger partial charge in [0.15, 0.2) is 0 Å². The van der Waals surface area contributed by atoms with E-state index in [9.17, 15) is 13.2 Å². The molecule has 1 nitrogen and oxygen atoms in total. The van der Waals surface area contributed by atoms with Crippen LogP contribution in [-0.2, 0) is 6.18 Å². The second kappa shape index (κ2) is 2.28. The van der Waals surface area contributed by atoms with Crippen molar-refractivity contribution in [3.63, 3.8) is 0 Å². The fourth-order valence-corrected chi connectivity index (χ4v) is 1.18. The quantitative estimate of drug-likeness (QED) is 0.618. The van der Waals surface area contributed by atoms with Crippen molar-refractivity contribution >= 4 is 0 Å². The van der Waals surface area contributed by atoms with Crippen molar-refractivity contribution < 1.29 is 13.2 Å². The Kier molecular flexibility index (Phi) is 1.46. The molecule has 0 aromatic carbocycles. The minimum absolute atomic E-state index is 0.320. The molecule has 1 aromatic rings. The molecule has 0 radical (unpaired) electrons. The van der Waals surface area contributed by atoms with E-state index < -0.39 is 11.7 Å². The van der Waals surface area contributed by atoms with Crippen LogP contribution in [0.3, 0.4) is 0 Å². The smallest absolute Gasteiger partial charge is 0.351 e. The molecule has 2 rings (SSSR count). The monoisotopic (exact) mass is 175 g/mol. The fourth-order valence-electron chi connectivity index (χ4n) is 1.18. The van der Waals surface area contributed by atoms with E-state index in [1.165, 1.54) is 12.4 Å². The van der Waals surface area contributed by atoms with Gasteiger partial charge in [-0.1, -0.05) is 0 Å². The Morgan fingerprint density at radius 3 is 2.42 bits per heavy atom. The van der Waals surface area contributed by atoms with Gasteiger partial charge in [-0.25, -0.2) is 0 Å². The Balaban J connectivity index is 2.23. The van der Waals surface area contributed by atoms with Crippen LogP contribution in [0.5, 0.6) is 0 Å². The summed E-state index contributed by atoms with van der Waals surface area (Å²) >= 11 is 0. The van der Waals surface area contributed by atoms with Gasteiger partial charge in [-0.3, -0.25) is 0 Å². The van der Waals surface area contributed by atoms with Gasteiger partial charge in [0.1, 0.15) is 0 Å². The van der Waals surface area contributed by atoms with Crippen molar-refractivity contribution in [3.8, 4) is 0 Å². The first-order chi connectivity index (χ1) is 5.57. The van der Waals surface area contributed by atoms with Crippen LogP contribution in [0.1, 0.15) is 24.4 Å². The van der Waals surface area contributed by atoms with E-state index in [1.807, 2.05) is 0 Å². The molecule has 1 aromatic heterocycles. The van der Waals surface area contributed by atoms with E-state index in [1.54, 1.807) is 4.57 Å². The number of rotatable bonds is 1. The van der Waals surface area contributed by atoms with Crippen molar-refractivity contribution in [2.24, 2.45) is 0 Å². The SMILES string of the molecule is FC(F)(F)c1ccn(C2CC2)c1. The predicted octanol–water partition coefficient (Wildman–Crippen LogP) is 2.84. The second-order valence-corrected chi connectivity index (χ2v) is 3.08. The summed E-state index contributed by atoms with van der Waals surface area (Å²) in [6.45, 7) is 0. The fraction of sp³-hybridized carbons (Fsp3) is 0.500. The van der Waals surface area contributed by atoms with E-state index in [0.29, 0.717) is 6.04 Å². The van der Waals surface area contributed by atoms with Gasteiger partial charge >= 0.3 is 6.18 Å². The molecule has 0 spiro atoms. The van der Waals surface area contributed by atoms with Gasteiger partial charge in [0, 0.05) is 18.4 Å². The summed E-state index contributed by atoms with van der Waals surface area (Å²) in [5.41, 5.74) is -0.547.